The van der Waals surface area contributed by atoms with Crippen LogP contribution in [0.1, 0.15) is 16.1 Å². The molecule has 1 saturated heterocycles. The van der Waals surface area contributed by atoms with E-state index in [0.29, 0.717) is 10.6 Å². The van der Waals surface area contributed by atoms with Gasteiger partial charge in [-0.15, -0.1) is 0 Å². The molecular weight excluding hydrogens is 424 g/mol. The van der Waals surface area contributed by atoms with Gasteiger partial charge in [-0.1, -0.05) is 30.0 Å². The highest BCUT2D eigenvalue weighted by atomic mass is 32.2. The SMILES string of the molecule is COc1ccc2nc(C=C3SC(=S)N(c4ccc(O)c(C(=O)O)c4)C3=O)ccc2c1. The summed E-state index contributed by atoms with van der Waals surface area (Å²) in [4.78, 5) is 30.4. The molecule has 0 spiro atoms. The Labute approximate surface area is 180 Å². The molecule has 2 N–H and O–H groups in total. The molecule has 0 aliphatic carbocycles. The van der Waals surface area contributed by atoms with Gasteiger partial charge >= 0.3 is 5.97 Å². The lowest BCUT2D eigenvalue weighted by atomic mass is 10.1. The standard InChI is InChI=1S/C21H14N2O5S2/c1-28-14-5-6-16-11(8-14)2-3-12(22-16)9-18-19(25)23(21(29)30-18)13-4-7-17(24)15(10-13)20(26)27/h2-10,24H,1H3,(H,26,27). The van der Waals surface area contributed by atoms with E-state index in [2.05, 4.69) is 4.98 Å². The number of fused-ring (bicyclic) bond motifs is 1. The summed E-state index contributed by atoms with van der Waals surface area (Å²) in [6.07, 6.45) is 1.64. The van der Waals surface area contributed by atoms with Crippen molar-refractivity contribution in [2.45, 2.75) is 0 Å². The number of rotatable bonds is 4. The number of amides is 1. The maximum Gasteiger partial charge on any atom is 0.339 e. The number of carbonyl (C=O) groups is 2. The predicted octanol–water partition coefficient (Wildman–Crippen LogP) is 4.05. The minimum atomic E-state index is -1.30. The zero-order valence-corrected chi connectivity index (χ0v) is 17.2. The van der Waals surface area contributed by atoms with Gasteiger partial charge in [0.15, 0.2) is 4.32 Å². The Bertz CT molecular complexity index is 1260. The predicted molar refractivity (Wildman–Crippen MR) is 119 cm³/mol. The number of pyridine rings is 1. The van der Waals surface area contributed by atoms with Crippen molar-refractivity contribution in [3.05, 3.63) is 64.7 Å². The summed E-state index contributed by atoms with van der Waals surface area (Å²) in [5.41, 5.74) is 1.31. The highest BCUT2D eigenvalue weighted by Crippen LogP contribution is 2.37. The van der Waals surface area contributed by atoms with Crippen molar-refractivity contribution in [2.24, 2.45) is 0 Å². The molecule has 0 atom stereocenters. The molecule has 3 aromatic rings. The number of aromatic nitrogens is 1. The minimum absolute atomic E-state index is 0.263. The topological polar surface area (TPSA) is 100.0 Å². The first kappa shape index (κ1) is 19.9. The smallest absolute Gasteiger partial charge is 0.339 e. The summed E-state index contributed by atoms with van der Waals surface area (Å²) in [5, 5.41) is 19.8. The number of phenols is 1. The number of aromatic carboxylic acids is 1. The van der Waals surface area contributed by atoms with Crippen LogP contribution < -0.4 is 9.64 Å². The Kier molecular flexibility index (Phi) is 5.15. The van der Waals surface area contributed by atoms with E-state index in [9.17, 15) is 19.8 Å². The molecule has 0 bridgehead atoms. The van der Waals surface area contributed by atoms with Crippen LogP contribution in [-0.2, 0) is 4.79 Å². The number of thiocarbonyl (C=S) groups is 1. The molecule has 0 saturated carbocycles. The average Bonchev–Trinajstić information content (AvgIpc) is 3.01. The van der Waals surface area contributed by atoms with Gasteiger partial charge in [-0.3, -0.25) is 9.69 Å². The number of thioether (sulfide) groups is 1. The number of anilines is 1. The van der Waals surface area contributed by atoms with Crippen LogP contribution in [-0.4, -0.2) is 38.5 Å². The first-order chi connectivity index (χ1) is 14.4. The largest absolute Gasteiger partial charge is 0.507 e. The third-order valence-electron chi connectivity index (χ3n) is 4.46. The van der Waals surface area contributed by atoms with E-state index in [1.54, 1.807) is 19.3 Å². The lowest BCUT2D eigenvalue weighted by Crippen LogP contribution is -2.27. The number of hydrogen-bond donors (Lipinski definition) is 2. The fourth-order valence-electron chi connectivity index (χ4n) is 2.99. The molecule has 1 aliphatic heterocycles. The van der Waals surface area contributed by atoms with Crippen LogP contribution in [0.5, 0.6) is 11.5 Å². The van der Waals surface area contributed by atoms with Gasteiger partial charge < -0.3 is 14.9 Å². The van der Waals surface area contributed by atoms with Gasteiger partial charge in [-0.2, -0.15) is 0 Å². The lowest BCUT2D eigenvalue weighted by molar-refractivity contribution is -0.113. The maximum absolute atomic E-state index is 12.9. The van der Waals surface area contributed by atoms with E-state index in [-0.39, 0.29) is 27.2 Å². The quantitative estimate of drug-likeness (QED) is 0.465. The number of carbonyl (C=O) groups excluding carboxylic acids is 1. The Morgan fingerprint density at radius 3 is 2.73 bits per heavy atom. The number of benzene rings is 2. The molecule has 150 valence electrons. The Morgan fingerprint density at radius 1 is 1.20 bits per heavy atom. The van der Waals surface area contributed by atoms with Crippen LogP contribution in [0.4, 0.5) is 5.69 Å². The molecule has 9 heteroatoms. The molecule has 1 fully saturated rings. The summed E-state index contributed by atoms with van der Waals surface area (Å²) in [6, 6.07) is 13.1. The summed E-state index contributed by atoms with van der Waals surface area (Å²) >= 11 is 6.42. The molecule has 0 unspecified atom stereocenters. The number of hydrogen-bond acceptors (Lipinski definition) is 7. The second kappa shape index (κ2) is 7.77. The third-order valence-corrected chi connectivity index (χ3v) is 5.76. The van der Waals surface area contributed by atoms with Crippen LogP contribution in [0.2, 0.25) is 0 Å². The highest BCUT2D eigenvalue weighted by molar-refractivity contribution is 8.27. The van der Waals surface area contributed by atoms with Gasteiger partial charge in [0.1, 0.15) is 17.1 Å². The molecule has 2 heterocycles. The van der Waals surface area contributed by atoms with Crippen molar-refractivity contribution < 1.29 is 24.5 Å². The summed E-state index contributed by atoms with van der Waals surface area (Å²) in [6.45, 7) is 0. The first-order valence-electron chi connectivity index (χ1n) is 8.66. The summed E-state index contributed by atoms with van der Waals surface area (Å²) < 4.78 is 5.47. The third kappa shape index (κ3) is 3.60. The Balaban J connectivity index is 1.67. The number of carboxylic acids is 1. The Morgan fingerprint density at radius 2 is 2.00 bits per heavy atom. The number of nitrogens with zero attached hydrogens (tertiary/aromatic N) is 2. The maximum atomic E-state index is 12.9. The van der Waals surface area contributed by atoms with Gasteiger partial charge in [0.25, 0.3) is 5.91 Å². The molecule has 0 radical (unpaired) electrons. The zero-order chi connectivity index (χ0) is 21.4. The van der Waals surface area contributed by atoms with Crippen molar-refractivity contribution >= 4 is 62.8 Å². The molecule has 1 aliphatic rings. The van der Waals surface area contributed by atoms with Crippen LogP contribution >= 0.6 is 24.0 Å². The van der Waals surface area contributed by atoms with Crippen LogP contribution in [0.25, 0.3) is 17.0 Å². The highest BCUT2D eigenvalue weighted by Gasteiger charge is 2.34. The van der Waals surface area contributed by atoms with E-state index >= 15 is 0 Å². The van der Waals surface area contributed by atoms with Gasteiger partial charge in [-0.05, 0) is 48.5 Å². The van der Waals surface area contributed by atoms with E-state index in [4.69, 9.17) is 17.0 Å². The van der Waals surface area contributed by atoms with Crippen molar-refractivity contribution in [1.29, 1.82) is 0 Å². The molecule has 4 rings (SSSR count). The van der Waals surface area contributed by atoms with Crippen LogP contribution in [0, 0.1) is 0 Å². The van der Waals surface area contributed by atoms with Gasteiger partial charge in [0.2, 0.25) is 0 Å². The van der Waals surface area contributed by atoms with Gasteiger partial charge in [0.05, 0.1) is 28.9 Å². The first-order valence-corrected chi connectivity index (χ1v) is 9.89. The minimum Gasteiger partial charge on any atom is -0.507 e. The lowest BCUT2D eigenvalue weighted by Gasteiger charge is -2.15. The fraction of sp³-hybridized carbons (Fsp3) is 0.0476. The molecule has 7 nitrogen and oxygen atoms in total. The monoisotopic (exact) mass is 438 g/mol. The second-order valence-electron chi connectivity index (χ2n) is 6.32. The molecule has 2 aromatic carbocycles. The zero-order valence-electron chi connectivity index (χ0n) is 15.5. The number of aromatic hydroxyl groups is 1. The van der Waals surface area contributed by atoms with Crippen molar-refractivity contribution in [2.75, 3.05) is 12.0 Å². The van der Waals surface area contributed by atoms with E-state index in [0.717, 1.165) is 28.4 Å². The average molecular weight is 438 g/mol. The summed E-state index contributed by atoms with van der Waals surface area (Å²) in [5.74, 6) is -1.34. The number of ether oxygens (including phenoxy) is 1. The second-order valence-corrected chi connectivity index (χ2v) is 7.99. The van der Waals surface area contributed by atoms with E-state index < -0.39 is 5.97 Å². The van der Waals surface area contributed by atoms with Crippen LogP contribution in [0.3, 0.4) is 0 Å². The van der Waals surface area contributed by atoms with E-state index in [1.807, 2.05) is 24.3 Å². The molecule has 1 amide bonds. The summed E-state index contributed by atoms with van der Waals surface area (Å²) in [7, 11) is 1.60. The Hall–Kier alpha value is -3.43. The van der Waals surface area contributed by atoms with Crippen molar-refractivity contribution in [3.63, 3.8) is 0 Å². The molecule has 30 heavy (non-hydrogen) atoms. The fourth-order valence-corrected chi connectivity index (χ4v) is 4.27. The van der Waals surface area contributed by atoms with Crippen LogP contribution in [0.15, 0.2) is 53.4 Å². The van der Waals surface area contributed by atoms with Crippen molar-refractivity contribution in [3.8, 4) is 11.5 Å². The van der Waals surface area contributed by atoms with Gasteiger partial charge in [-0.25, -0.2) is 9.78 Å². The number of carboxylic acid groups (broad SMARTS) is 1. The molecule has 1 aromatic heterocycles. The molecular formula is C21H14N2O5S2. The van der Waals surface area contributed by atoms with E-state index in [1.165, 1.54) is 23.1 Å². The normalized spacial score (nSPS) is 15.2. The van der Waals surface area contributed by atoms with Gasteiger partial charge in [0, 0.05) is 5.39 Å². The van der Waals surface area contributed by atoms with Crippen molar-refractivity contribution in [1.82, 2.24) is 4.98 Å². The number of methoxy groups -OCH3 is 1.